The van der Waals surface area contributed by atoms with E-state index in [0.29, 0.717) is 0 Å². The van der Waals surface area contributed by atoms with Crippen molar-refractivity contribution in [3.05, 3.63) is 59.9 Å². The quantitative estimate of drug-likeness (QED) is 0.899. The Balaban J connectivity index is 1.77. The number of carbonyl (C=O) groups is 1. The summed E-state index contributed by atoms with van der Waals surface area (Å²) in [4.78, 5) is 15.8. The highest BCUT2D eigenvalue weighted by molar-refractivity contribution is 5.96. The first-order valence-corrected chi connectivity index (χ1v) is 7.60. The molecule has 0 radical (unpaired) electrons. The predicted octanol–water partition coefficient (Wildman–Crippen LogP) is 4.48. The molecule has 1 fully saturated rings. The monoisotopic (exact) mass is 334 g/mol. The lowest BCUT2D eigenvalue weighted by molar-refractivity contribution is -0.141. The molecule has 1 aromatic heterocycles. The molecular weight excluding hydrogens is 317 g/mol. The number of pyridine rings is 1. The van der Waals surface area contributed by atoms with E-state index in [2.05, 4.69) is 10.3 Å². The molecule has 0 bridgehead atoms. The van der Waals surface area contributed by atoms with Crippen molar-refractivity contribution in [2.75, 3.05) is 5.32 Å². The van der Waals surface area contributed by atoms with Crippen molar-refractivity contribution in [3.8, 4) is 0 Å². The van der Waals surface area contributed by atoms with E-state index in [4.69, 9.17) is 0 Å². The van der Waals surface area contributed by atoms with Crippen molar-refractivity contribution in [1.29, 1.82) is 0 Å². The Kier molecular flexibility index (Phi) is 3.86. The maximum atomic E-state index is 12.7. The van der Waals surface area contributed by atoms with Crippen LogP contribution in [0.3, 0.4) is 0 Å². The van der Waals surface area contributed by atoms with Crippen LogP contribution in [0, 0.1) is 11.3 Å². The van der Waals surface area contributed by atoms with Gasteiger partial charge in [-0.3, -0.25) is 9.78 Å². The summed E-state index contributed by atoms with van der Waals surface area (Å²) in [6.07, 6.45) is -3.49. The van der Waals surface area contributed by atoms with Crippen molar-refractivity contribution in [1.82, 2.24) is 4.98 Å². The van der Waals surface area contributed by atoms with Crippen molar-refractivity contribution in [2.24, 2.45) is 11.3 Å². The van der Waals surface area contributed by atoms with Gasteiger partial charge in [0, 0.05) is 17.8 Å². The second-order valence-electron chi connectivity index (χ2n) is 6.60. The molecule has 1 aromatic carbocycles. The Morgan fingerprint density at radius 2 is 1.83 bits per heavy atom. The summed E-state index contributed by atoms with van der Waals surface area (Å²) in [6.45, 7) is 3.98. The van der Waals surface area contributed by atoms with E-state index in [1.165, 1.54) is 6.07 Å². The molecule has 1 aliphatic rings. The van der Waals surface area contributed by atoms with Crippen LogP contribution in [-0.4, -0.2) is 10.9 Å². The highest BCUT2D eigenvalue weighted by atomic mass is 19.4. The Morgan fingerprint density at radius 1 is 1.17 bits per heavy atom. The van der Waals surface area contributed by atoms with Crippen LogP contribution in [-0.2, 0) is 11.0 Å². The van der Waals surface area contributed by atoms with E-state index in [-0.39, 0.29) is 28.8 Å². The Morgan fingerprint density at radius 3 is 2.46 bits per heavy atom. The molecule has 3 nitrogen and oxygen atoms in total. The van der Waals surface area contributed by atoms with Crippen molar-refractivity contribution < 1.29 is 18.0 Å². The SMILES string of the molecule is CC1(C)[C@@H](C(=O)Nc2ccnc(C(F)(F)F)c2)[C@@H]1c1ccccc1. The number of halogens is 3. The Hall–Kier alpha value is -2.37. The van der Waals surface area contributed by atoms with Gasteiger partial charge in [-0.05, 0) is 23.1 Å². The Labute approximate surface area is 137 Å². The van der Waals surface area contributed by atoms with Gasteiger partial charge in [0.15, 0.2) is 0 Å². The van der Waals surface area contributed by atoms with Crippen LogP contribution in [0.25, 0.3) is 0 Å². The van der Waals surface area contributed by atoms with E-state index >= 15 is 0 Å². The second kappa shape index (κ2) is 5.61. The number of aromatic nitrogens is 1. The molecule has 1 N–H and O–H groups in total. The van der Waals surface area contributed by atoms with Crippen molar-refractivity contribution in [2.45, 2.75) is 25.9 Å². The predicted molar refractivity (Wildman–Crippen MR) is 84.3 cm³/mol. The number of alkyl halides is 3. The van der Waals surface area contributed by atoms with Gasteiger partial charge in [-0.1, -0.05) is 44.2 Å². The Bertz CT molecular complexity index is 756. The molecule has 2 aromatic rings. The molecule has 1 amide bonds. The summed E-state index contributed by atoms with van der Waals surface area (Å²) in [7, 11) is 0. The summed E-state index contributed by atoms with van der Waals surface area (Å²) in [5.74, 6) is -0.488. The van der Waals surface area contributed by atoms with Gasteiger partial charge in [0.25, 0.3) is 0 Å². The van der Waals surface area contributed by atoms with Crippen LogP contribution in [0.5, 0.6) is 0 Å². The first-order chi connectivity index (χ1) is 11.2. The van der Waals surface area contributed by atoms with E-state index in [9.17, 15) is 18.0 Å². The highest BCUT2D eigenvalue weighted by Gasteiger charge is 2.62. The first-order valence-electron chi connectivity index (χ1n) is 7.60. The molecular formula is C18H17F3N2O. The molecule has 0 aliphatic heterocycles. The standard InChI is InChI=1S/C18H17F3N2O/c1-17(2)14(11-6-4-3-5-7-11)15(17)16(24)23-12-8-9-22-13(10-12)18(19,20)21/h3-10,14-15H,1-2H3,(H,22,23,24)/t14-,15+/m0/s1. The number of hydrogen-bond acceptors (Lipinski definition) is 2. The molecule has 2 atom stereocenters. The zero-order valence-corrected chi connectivity index (χ0v) is 13.3. The minimum atomic E-state index is -4.54. The number of rotatable bonds is 3. The zero-order chi connectivity index (χ0) is 17.5. The summed E-state index contributed by atoms with van der Waals surface area (Å²) in [6, 6.07) is 11.9. The molecule has 1 heterocycles. The van der Waals surface area contributed by atoms with E-state index in [1.54, 1.807) is 0 Å². The van der Waals surface area contributed by atoms with Crippen molar-refractivity contribution >= 4 is 11.6 Å². The fraction of sp³-hybridized carbons (Fsp3) is 0.333. The van der Waals surface area contributed by atoms with E-state index in [1.807, 2.05) is 44.2 Å². The minimum absolute atomic E-state index is 0.0580. The largest absolute Gasteiger partial charge is 0.433 e. The third-order valence-electron chi connectivity index (χ3n) is 4.59. The molecule has 0 saturated heterocycles. The number of nitrogens with zero attached hydrogens (tertiary/aromatic N) is 1. The minimum Gasteiger partial charge on any atom is -0.326 e. The highest BCUT2D eigenvalue weighted by Crippen LogP contribution is 2.64. The molecule has 3 rings (SSSR count). The number of carbonyl (C=O) groups excluding carboxylic acids is 1. The second-order valence-corrected chi connectivity index (χ2v) is 6.60. The average Bonchev–Trinajstić information content (AvgIpc) is 3.10. The zero-order valence-electron chi connectivity index (χ0n) is 13.3. The summed E-state index contributed by atoms with van der Waals surface area (Å²) < 4.78 is 38.1. The molecule has 6 heteroatoms. The van der Waals surface area contributed by atoms with E-state index < -0.39 is 11.9 Å². The van der Waals surface area contributed by atoms with Crippen LogP contribution in [0.4, 0.5) is 18.9 Å². The maximum Gasteiger partial charge on any atom is 0.433 e. The number of benzene rings is 1. The van der Waals surface area contributed by atoms with Crippen LogP contribution in [0.1, 0.15) is 31.0 Å². The molecule has 1 aliphatic carbocycles. The molecule has 0 unspecified atom stereocenters. The van der Waals surface area contributed by atoms with Gasteiger partial charge in [0.1, 0.15) is 5.69 Å². The molecule has 0 spiro atoms. The fourth-order valence-electron chi connectivity index (χ4n) is 3.29. The maximum absolute atomic E-state index is 12.7. The number of hydrogen-bond donors (Lipinski definition) is 1. The smallest absolute Gasteiger partial charge is 0.326 e. The lowest BCUT2D eigenvalue weighted by Crippen LogP contribution is -2.18. The van der Waals surface area contributed by atoms with Crippen LogP contribution in [0.2, 0.25) is 0 Å². The van der Waals surface area contributed by atoms with Gasteiger partial charge >= 0.3 is 6.18 Å². The lowest BCUT2D eigenvalue weighted by atomic mass is 10.0. The third kappa shape index (κ3) is 3.00. The topological polar surface area (TPSA) is 42.0 Å². The first kappa shape index (κ1) is 16.5. The fourth-order valence-corrected chi connectivity index (χ4v) is 3.29. The number of amides is 1. The molecule has 126 valence electrons. The number of anilines is 1. The van der Waals surface area contributed by atoms with Crippen LogP contribution in [0.15, 0.2) is 48.7 Å². The van der Waals surface area contributed by atoms with Crippen LogP contribution >= 0.6 is 0 Å². The van der Waals surface area contributed by atoms with Gasteiger partial charge in [0.2, 0.25) is 5.91 Å². The van der Waals surface area contributed by atoms with Crippen LogP contribution < -0.4 is 5.32 Å². The van der Waals surface area contributed by atoms with Gasteiger partial charge in [-0.15, -0.1) is 0 Å². The lowest BCUT2D eigenvalue weighted by Gasteiger charge is -2.09. The molecule has 1 saturated carbocycles. The summed E-state index contributed by atoms with van der Waals surface area (Å²) >= 11 is 0. The molecule has 24 heavy (non-hydrogen) atoms. The number of nitrogens with one attached hydrogen (secondary N) is 1. The van der Waals surface area contributed by atoms with Gasteiger partial charge in [0.05, 0.1) is 5.92 Å². The third-order valence-corrected chi connectivity index (χ3v) is 4.59. The van der Waals surface area contributed by atoms with Gasteiger partial charge in [-0.25, -0.2) is 0 Å². The summed E-state index contributed by atoms with van der Waals surface area (Å²) in [5.41, 5.74) is -0.0779. The van der Waals surface area contributed by atoms with Gasteiger partial charge < -0.3 is 5.32 Å². The van der Waals surface area contributed by atoms with Crippen molar-refractivity contribution in [3.63, 3.8) is 0 Å². The average molecular weight is 334 g/mol. The van der Waals surface area contributed by atoms with E-state index in [0.717, 1.165) is 17.8 Å². The van der Waals surface area contributed by atoms with Gasteiger partial charge in [-0.2, -0.15) is 13.2 Å². The normalized spacial score (nSPS) is 22.0. The summed E-state index contributed by atoms with van der Waals surface area (Å²) in [5, 5.41) is 2.59.